The lowest BCUT2D eigenvalue weighted by Gasteiger charge is -2.30. The average molecular weight is 226 g/mol. The maximum atomic E-state index is 4.50. The lowest BCUT2D eigenvalue weighted by molar-refractivity contribution is 0.256. The van der Waals surface area contributed by atoms with Crippen LogP contribution in [0, 0.1) is 19.3 Å². The highest BCUT2D eigenvalue weighted by atomic mass is 32.1. The molecule has 0 aliphatic carbocycles. The first-order valence-electron chi connectivity index (χ1n) is 5.67. The van der Waals surface area contributed by atoms with Gasteiger partial charge in [0.1, 0.15) is 0 Å². The van der Waals surface area contributed by atoms with Crippen LogP contribution in [0.15, 0.2) is 6.33 Å². The molecule has 1 aromatic heterocycles. The zero-order valence-corrected chi connectivity index (χ0v) is 11.1. The molecule has 3 heteroatoms. The fourth-order valence-corrected chi connectivity index (χ4v) is 2.36. The molecule has 0 aromatic carbocycles. The molecule has 0 amide bonds. The third kappa shape index (κ3) is 2.57. The van der Waals surface area contributed by atoms with Crippen molar-refractivity contribution < 1.29 is 0 Å². The number of hydrogen-bond acceptors (Lipinski definition) is 2. The third-order valence-corrected chi connectivity index (χ3v) is 4.36. The van der Waals surface area contributed by atoms with Crippen molar-refractivity contribution in [1.82, 2.24) is 9.55 Å². The van der Waals surface area contributed by atoms with Crippen LogP contribution >= 0.6 is 12.6 Å². The van der Waals surface area contributed by atoms with Crippen molar-refractivity contribution in [2.75, 3.05) is 5.75 Å². The van der Waals surface area contributed by atoms with Crippen LogP contribution in [0.4, 0.5) is 0 Å². The Bertz CT molecular complexity index is 305. The van der Waals surface area contributed by atoms with Gasteiger partial charge in [0.2, 0.25) is 0 Å². The van der Waals surface area contributed by atoms with E-state index in [1.807, 2.05) is 6.33 Å². The summed E-state index contributed by atoms with van der Waals surface area (Å²) in [6.07, 6.45) is 4.29. The van der Waals surface area contributed by atoms with E-state index in [1.165, 1.54) is 18.5 Å². The molecule has 0 radical (unpaired) electrons. The summed E-state index contributed by atoms with van der Waals surface area (Å²) in [5.41, 5.74) is 2.74. The number of thiol groups is 1. The van der Waals surface area contributed by atoms with Crippen molar-refractivity contribution in [2.24, 2.45) is 5.41 Å². The quantitative estimate of drug-likeness (QED) is 0.763. The van der Waals surface area contributed by atoms with Gasteiger partial charge in [0.05, 0.1) is 12.0 Å². The zero-order valence-electron chi connectivity index (χ0n) is 10.2. The van der Waals surface area contributed by atoms with Gasteiger partial charge in [-0.15, -0.1) is 0 Å². The Morgan fingerprint density at radius 2 is 1.93 bits per heavy atom. The van der Waals surface area contributed by atoms with Crippen LogP contribution in [0.5, 0.6) is 0 Å². The van der Waals surface area contributed by atoms with Crippen molar-refractivity contribution >= 4 is 12.6 Å². The van der Waals surface area contributed by atoms with E-state index in [4.69, 9.17) is 0 Å². The summed E-state index contributed by atoms with van der Waals surface area (Å²) in [6, 6.07) is 0. The fraction of sp³-hybridized carbons (Fsp3) is 0.750. The second-order valence-corrected chi connectivity index (χ2v) is 4.72. The van der Waals surface area contributed by atoms with E-state index in [2.05, 4.69) is 49.9 Å². The molecule has 0 bridgehead atoms. The minimum absolute atomic E-state index is 0.320. The van der Waals surface area contributed by atoms with E-state index in [9.17, 15) is 0 Å². The first kappa shape index (κ1) is 12.6. The molecule has 0 saturated carbocycles. The smallest absolute Gasteiger partial charge is 0.0951 e. The number of imidazole rings is 1. The van der Waals surface area contributed by atoms with Gasteiger partial charge in [0.15, 0.2) is 0 Å². The number of nitrogens with zero attached hydrogens (tertiary/aromatic N) is 2. The molecule has 0 aliphatic heterocycles. The lowest BCUT2D eigenvalue weighted by Crippen LogP contribution is -2.27. The number of rotatable bonds is 5. The first-order valence-corrected chi connectivity index (χ1v) is 6.31. The third-order valence-electron chi connectivity index (χ3n) is 3.69. The molecule has 0 fully saturated rings. The van der Waals surface area contributed by atoms with Crippen molar-refractivity contribution in [1.29, 1.82) is 0 Å². The fourth-order valence-electron chi connectivity index (χ4n) is 1.81. The predicted molar refractivity (Wildman–Crippen MR) is 68.6 cm³/mol. The maximum Gasteiger partial charge on any atom is 0.0951 e. The molecule has 0 atom stereocenters. The van der Waals surface area contributed by atoms with Gasteiger partial charge < -0.3 is 4.57 Å². The SMILES string of the molecule is CCC(CC)(CS)Cn1cnc(C)c1C. The van der Waals surface area contributed by atoms with Crippen LogP contribution in [-0.4, -0.2) is 15.3 Å². The van der Waals surface area contributed by atoms with Crippen LogP contribution < -0.4 is 0 Å². The van der Waals surface area contributed by atoms with E-state index < -0.39 is 0 Å². The highest BCUT2D eigenvalue weighted by molar-refractivity contribution is 7.80. The first-order chi connectivity index (χ1) is 7.08. The number of aromatic nitrogens is 2. The Kier molecular flexibility index (Phi) is 4.26. The molecule has 0 spiro atoms. The van der Waals surface area contributed by atoms with Crippen molar-refractivity contribution in [3.63, 3.8) is 0 Å². The molecule has 15 heavy (non-hydrogen) atoms. The summed E-state index contributed by atoms with van der Waals surface area (Å²) in [4.78, 5) is 4.34. The molecule has 0 unspecified atom stereocenters. The van der Waals surface area contributed by atoms with Gasteiger partial charge in [-0.1, -0.05) is 13.8 Å². The van der Waals surface area contributed by atoms with E-state index in [1.54, 1.807) is 0 Å². The van der Waals surface area contributed by atoms with Crippen molar-refractivity contribution in [3.05, 3.63) is 17.7 Å². The normalized spacial score (nSPS) is 12.1. The molecular weight excluding hydrogens is 204 g/mol. The Morgan fingerprint density at radius 3 is 2.27 bits per heavy atom. The van der Waals surface area contributed by atoms with Crippen molar-refractivity contribution in [2.45, 2.75) is 47.1 Å². The van der Waals surface area contributed by atoms with Gasteiger partial charge in [-0.3, -0.25) is 0 Å². The predicted octanol–water partition coefficient (Wildman–Crippen LogP) is 3.24. The Balaban J connectivity index is 2.87. The van der Waals surface area contributed by atoms with E-state index in [-0.39, 0.29) is 0 Å². The van der Waals surface area contributed by atoms with Crippen LogP contribution in [0.2, 0.25) is 0 Å². The van der Waals surface area contributed by atoms with E-state index in [0.29, 0.717) is 5.41 Å². The average Bonchev–Trinajstić information content (AvgIpc) is 2.57. The lowest BCUT2D eigenvalue weighted by atomic mass is 9.84. The zero-order chi connectivity index (χ0) is 11.5. The van der Waals surface area contributed by atoms with Crippen LogP contribution in [0.25, 0.3) is 0 Å². The second-order valence-electron chi connectivity index (χ2n) is 4.41. The molecule has 0 N–H and O–H groups in total. The molecular formula is C12H22N2S. The molecule has 2 nitrogen and oxygen atoms in total. The molecule has 1 rings (SSSR count). The number of aryl methyl sites for hydroxylation is 1. The van der Waals surface area contributed by atoms with Crippen LogP contribution in [-0.2, 0) is 6.54 Å². The van der Waals surface area contributed by atoms with Crippen LogP contribution in [0.1, 0.15) is 38.1 Å². The van der Waals surface area contributed by atoms with Gasteiger partial charge in [-0.2, -0.15) is 12.6 Å². The highest BCUT2D eigenvalue weighted by Gasteiger charge is 2.25. The van der Waals surface area contributed by atoms with E-state index in [0.717, 1.165) is 18.0 Å². The molecule has 86 valence electrons. The van der Waals surface area contributed by atoms with Gasteiger partial charge in [-0.25, -0.2) is 4.98 Å². The van der Waals surface area contributed by atoms with Gasteiger partial charge in [0, 0.05) is 12.2 Å². The number of hydrogen-bond donors (Lipinski definition) is 1. The largest absolute Gasteiger partial charge is 0.334 e. The minimum atomic E-state index is 0.320. The molecule has 0 saturated heterocycles. The second kappa shape index (κ2) is 5.06. The van der Waals surface area contributed by atoms with E-state index >= 15 is 0 Å². The maximum absolute atomic E-state index is 4.50. The summed E-state index contributed by atoms with van der Waals surface area (Å²) in [6.45, 7) is 9.73. The minimum Gasteiger partial charge on any atom is -0.334 e. The summed E-state index contributed by atoms with van der Waals surface area (Å²) in [5, 5.41) is 0. The highest BCUT2D eigenvalue weighted by Crippen LogP contribution is 2.30. The summed E-state index contributed by atoms with van der Waals surface area (Å²) >= 11 is 4.50. The van der Waals surface area contributed by atoms with Gasteiger partial charge >= 0.3 is 0 Å². The monoisotopic (exact) mass is 226 g/mol. The molecule has 1 aromatic rings. The Hall–Kier alpha value is -0.440. The van der Waals surface area contributed by atoms with Gasteiger partial charge in [-0.05, 0) is 37.9 Å². The Morgan fingerprint density at radius 1 is 1.33 bits per heavy atom. The van der Waals surface area contributed by atoms with Gasteiger partial charge in [0.25, 0.3) is 0 Å². The molecule has 0 aliphatic rings. The topological polar surface area (TPSA) is 17.8 Å². The van der Waals surface area contributed by atoms with Crippen molar-refractivity contribution in [3.8, 4) is 0 Å². The standard InChI is InChI=1S/C12H22N2S/c1-5-12(6-2,8-15)7-14-9-13-10(3)11(14)4/h9,15H,5-8H2,1-4H3. The summed E-state index contributed by atoms with van der Waals surface area (Å²) in [5.74, 6) is 0.941. The summed E-state index contributed by atoms with van der Waals surface area (Å²) < 4.78 is 2.26. The Labute approximate surface area is 98.5 Å². The summed E-state index contributed by atoms with van der Waals surface area (Å²) in [7, 11) is 0. The van der Waals surface area contributed by atoms with Crippen LogP contribution in [0.3, 0.4) is 0 Å². The molecule has 1 heterocycles.